The van der Waals surface area contributed by atoms with Gasteiger partial charge in [0.25, 0.3) is 5.56 Å². The van der Waals surface area contributed by atoms with Gasteiger partial charge in [-0.05, 0) is 32.0 Å². The van der Waals surface area contributed by atoms with E-state index in [1.807, 2.05) is 12.1 Å². The zero-order chi connectivity index (χ0) is 21.7. The zero-order valence-corrected chi connectivity index (χ0v) is 17.5. The fourth-order valence-electron chi connectivity index (χ4n) is 2.63. The van der Waals surface area contributed by atoms with Crippen molar-refractivity contribution < 1.29 is 19.1 Å². The van der Waals surface area contributed by atoms with Crippen LogP contribution in [0.3, 0.4) is 0 Å². The maximum absolute atomic E-state index is 12.4. The number of hydrogen-bond donors (Lipinski definition) is 1. The number of rotatable bonds is 7. The average Bonchev–Trinajstić information content (AvgIpc) is 3.09. The van der Waals surface area contributed by atoms with Gasteiger partial charge in [0.15, 0.2) is 5.13 Å². The number of hydrogen-bond acceptors (Lipinski definition) is 8. The summed E-state index contributed by atoms with van der Waals surface area (Å²) in [7, 11) is 1.56. The predicted octanol–water partition coefficient (Wildman–Crippen LogP) is 2.50. The van der Waals surface area contributed by atoms with Gasteiger partial charge in [-0.1, -0.05) is 23.5 Å². The number of benzene rings is 1. The summed E-state index contributed by atoms with van der Waals surface area (Å²) >= 11 is 1.02. The molecule has 0 bridgehead atoms. The predicted molar refractivity (Wildman–Crippen MR) is 112 cm³/mol. The maximum atomic E-state index is 12.4. The van der Waals surface area contributed by atoms with Crippen molar-refractivity contribution in [1.29, 1.82) is 0 Å². The Hall–Kier alpha value is -3.53. The van der Waals surface area contributed by atoms with E-state index >= 15 is 0 Å². The van der Waals surface area contributed by atoms with Gasteiger partial charge in [-0.2, -0.15) is 5.10 Å². The number of amides is 1. The van der Waals surface area contributed by atoms with Gasteiger partial charge in [0, 0.05) is 11.6 Å². The van der Waals surface area contributed by atoms with Crippen LogP contribution in [0.25, 0.3) is 11.3 Å². The molecule has 10 heteroatoms. The standard InChI is InChI=1S/C20H20N4O5S/c1-4-29-19(27)18-12(2)21-20(30-18)22-16(25)11-24-17(26)9-8-15(23-24)13-6-5-7-14(10-13)28-3/h5-10H,4,11H2,1-3H3,(H,21,22,25). The summed E-state index contributed by atoms with van der Waals surface area (Å²) < 4.78 is 11.2. The first-order chi connectivity index (χ1) is 14.4. The first kappa shape index (κ1) is 21.2. The van der Waals surface area contributed by atoms with Crippen molar-refractivity contribution in [3.8, 4) is 17.0 Å². The Morgan fingerprint density at radius 1 is 1.23 bits per heavy atom. The number of esters is 1. The Balaban J connectivity index is 1.76. The summed E-state index contributed by atoms with van der Waals surface area (Å²) in [6.45, 7) is 3.31. The third-order valence-corrected chi connectivity index (χ3v) is 5.08. The zero-order valence-electron chi connectivity index (χ0n) is 16.7. The van der Waals surface area contributed by atoms with E-state index in [2.05, 4.69) is 15.4 Å². The molecule has 2 heterocycles. The Bertz CT molecular complexity index is 1140. The highest BCUT2D eigenvalue weighted by Crippen LogP contribution is 2.24. The molecule has 0 fully saturated rings. The van der Waals surface area contributed by atoms with Gasteiger partial charge in [-0.15, -0.1) is 0 Å². The lowest BCUT2D eigenvalue weighted by molar-refractivity contribution is -0.117. The molecular formula is C20H20N4O5S. The molecule has 0 spiro atoms. The Kier molecular flexibility index (Phi) is 6.58. The van der Waals surface area contributed by atoms with Gasteiger partial charge in [0.1, 0.15) is 17.2 Å². The molecule has 0 saturated heterocycles. The van der Waals surface area contributed by atoms with Gasteiger partial charge in [0.05, 0.1) is 25.1 Å². The number of nitrogens with one attached hydrogen (secondary N) is 1. The van der Waals surface area contributed by atoms with Crippen LogP contribution in [0.1, 0.15) is 22.3 Å². The lowest BCUT2D eigenvalue weighted by Gasteiger charge is -2.08. The lowest BCUT2D eigenvalue weighted by Crippen LogP contribution is -2.29. The molecule has 2 aromatic heterocycles. The number of aryl methyl sites for hydroxylation is 1. The number of ether oxygens (including phenoxy) is 2. The molecule has 1 N–H and O–H groups in total. The second-order valence-electron chi connectivity index (χ2n) is 6.15. The molecule has 1 aromatic carbocycles. The molecule has 30 heavy (non-hydrogen) atoms. The van der Waals surface area contributed by atoms with Crippen LogP contribution in [0, 0.1) is 6.92 Å². The van der Waals surface area contributed by atoms with E-state index in [4.69, 9.17) is 9.47 Å². The van der Waals surface area contributed by atoms with Gasteiger partial charge < -0.3 is 14.8 Å². The first-order valence-electron chi connectivity index (χ1n) is 9.08. The summed E-state index contributed by atoms with van der Waals surface area (Å²) in [5.41, 5.74) is 1.32. The molecule has 156 valence electrons. The van der Waals surface area contributed by atoms with Gasteiger partial charge in [0.2, 0.25) is 5.91 Å². The third kappa shape index (κ3) is 4.90. The molecule has 3 rings (SSSR count). The topological polar surface area (TPSA) is 112 Å². The van der Waals surface area contributed by atoms with Gasteiger partial charge >= 0.3 is 5.97 Å². The minimum atomic E-state index is -0.489. The molecule has 0 aliphatic rings. The highest BCUT2D eigenvalue weighted by atomic mass is 32.1. The average molecular weight is 428 g/mol. The van der Waals surface area contributed by atoms with Crippen LogP contribution in [0.2, 0.25) is 0 Å². The molecule has 0 aliphatic heterocycles. The van der Waals surface area contributed by atoms with Crippen LogP contribution in [0.5, 0.6) is 5.75 Å². The minimum absolute atomic E-state index is 0.246. The van der Waals surface area contributed by atoms with Crippen molar-refractivity contribution in [2.24, 2.45) is 0 Å². The number of thiazole rings is 1. The molecule has 0 saturated carbocycles. The molecule has 0 unspecified atom stereocenters. The normalized spacial score (nSPS) is 10.5. The first-order valence-corrected chi connectivity index (χ1v) is 9.90. The fourth-order valence-corrected chi connectivity index (χ4v) is 3.51. The van der Waals surface area contributed by atoms with E-state index in [0.29, 0.717) is 22.0 Å². The van der Waals surface area contributed by atoms with Crippen molar-refractivity contribution >= 4 is 28.3 Å². The van der Waals surface area contributed by atoms with Crippen LogP contribution in [0.15, 0.2) is 41.2 Å². The highest BCUT2D eigenvalue weighted by molar-refractivity contribution is 7.17. The van der Waals surface area contributed by atoms with Gasteiger partial charge in [-0.25, -0.2) is 14.5 Å². The summed E-state index contributed by atoms with van der Waals surface area (Å²) in [6.07, 6.45) is 0. The molecule has 0 atom stereocenters. The minimum Gasteiger partial charge on any atom is -0.497 e. The number of methoxy groups -OCH3 is 1. The number of carbonyl (C=O) groups is 2. The van der Waals surface area contributed by atoms with E-state index in [1.165, 1.54) is 6.07 Å². The fraction of sp³-hybridized carbons (Fsp3) is 0.250. The Morgan fingerprint density at radius 2 is 2.03 bits per heavy atom. The van der Waals surface area contributed by atoms with Crippen LogP contribution in [-0.2, 0) is 16.1 Å². The number of aromatic nitrogens is 3. The van der Waals surface area contributed by atoms with E-state index in [9.17, 15) is 14.4 Å². The van der Waals surface area contributed by atoms with E-state index in [-0.39, 0.29) is 18.3 Å². The SMILES string of the molecule is CCOC(=O)c1sc(NC(=O)Cn2nc(-c3cccc(OC)c3)ccc2=O)nc1C. The van der Waals surface area contributed by atoms with E-state index < -0.39 is 17.4 Å². The molecule has 0 aliphatic carbocycles. The van der Waals surface area contributed by atoms with Crippen molar-refractivity contribution in [2.75, 3.05) is 19.0 Å². The summed E-state index contributed by atoms with van der Waals surface area (Å²) in [4.78, 5) is 41.0. The van der Waals surface area contributed by atoms with Gasteiger partial charge in [-0.3, -0.25) is 9.59 Å². The molecule has 1 amide bonds. The second-order valence-corrected chi connectivity index (χ2v) is 7.15. The monoisotopic (exact) mass is 428 g/mol. The molecule has 3 aromatic rings. The summed E-state index contributed by atoms with van der Waals surface area (Å²) in [6, 6.07) is 10.2. The van der Waals surface area contributed by atoms with Crippen LogP contribution in [0.4, 0.5) is 5.13 Å². The van der Waals surface area contributed by atoms with E-state index in [0.717, 1.165) is 21.6 Å². The van der Waals surface area contributed by atoms with E-state index in [1.54, 1.807) is 39.2 Å². The van der Waals surface area contributed by atoms with Crippen molar-refractivity contribution in [3.05, 3.63) is 57.3 Å². The van der Waals surface area contributed by atoms with Crippen LogP contribution < -0.4 is 15.6 Å². The second kappa shape index (κ2) is 9.31. The maximum Gasteiger partial charge on any atom is 0.350 e. The Labute approximate surface area is 176 Å². The summed E-state index contributed by atoms with van der Waals surface area (Å²) in [5.74, 6) is -0.324. The third-order valence-electron chi connectivity index (χ3n) is 4.03. The number of anilines is 1. The molecular weight excluding hydrogens is 408 g/mol. The number of nitrogens with zero attached hydrogens (tertiary/aromatic N) is 3. The Morgan fingerprint density at radius 3 is 2.77 bits per heavy atom. The van der Waals surface area contributed by atoms with Crippen LogP contribution in [-0.4, -0.2) is 40.4 Å². The van der Waals surface area contributed by atoms with Crippen molar-refractivity contribution in [3.63, 3.8) is 0 Å². The van der Waals surface area contributed by atoms with Crippen molar-refractivity contribution in [1.82, 2.24) is 14.8 Å². The highest BCUT2D eigenvalue weighted by Gasteiger charge is 2.18. The van der Waals surface area contributed by atoms with Crippen molar-refractivity contribution in [2.45, 2.75) is 20.4 Å². The lowest BCUT2D eigenvalue weighted by atomic mass is 10.1. The number of carbonyl (C=O) groups excluding carboxylic acids is 2. The largest absolute Gasteiger partial charge is 0.497 e. The smallest absolute Gasteiger partial charge is 0.350 e. The summed E-state index contributed by atoms with van der Waals surface area (Å²) in [5, 5.41) is 7.11. The molecule has 0 radical (unpaired) electrons. The van der Waals surface area contributed by atoms with Crippen LogP contribution >= 0.6 is 11.3 Å². The quantitative estimate of drug-likeness (QED) is 0.575. The molecule has 9 nitrogen and oxygen atoms in total.